The zero-order chi connectivity index (χ0) is 11.1. The molecule has 0 aliphatic carbocycles. The fraction of sp³-hybridized carbons (Fsp3) is 0.100. The van der Waals surface area contributed by atoms with Gasteiger partial charge in [-0.3, -0.25) is 0 Å². The Bertz CT molecular complexity index is 603. The van der Waals surface area contributed by atoms with Gasteiger partial charge < -0.3 is 0 Å². The molecule has 3 aromatic rings. The molecule has 0 amide bonds. The van der Waals surface area contributed by atoms with Crippen LogP contribution in [0.4, 0.5) is 0 Å². The number of aromatic nitrogens is 4. The fourth-order valence-electron chi connectivity index (χ4n) is 1.53. The quantitative estimate of drug-likeness (QED) is 0.673. The third-order valence-corrected chi connectivity index (χ3v) is 3.59. The van der Waals surface area contributed by atoms with E-state index in [0.29, 0.717) is 5.16 Å². The zero-order valence-electron chi connectivity index (χ0n) is 8.45. The minimum absolute atomic E-state index is 0.566. The number of rotatable bonds is 1. The summed E-state index contributed by atoms with van der Waals surface area (Å²) in [5, 5.41) is 9.29. The molecule has 0 saturated carbocycles. The number of aryl methyl sites for hydroxylation is 1. The second-order valence-electron chi connectivity index (χ2n) is 3.35. The Hall–Kier alpha value is -1.40. The summed E-state index contributed by atoms with van der Waals surface area (Å²) < 4.78 is 2.99. The molecular formula is C10H8N4S2. The van der Waals surface area contributed by atoms with Crippen molar-refractivity contribution in [2.75, 3.05) is 0 Å². The zero-order valence-corrected chi connectivity index (χ0v) is 10.2. The predicted molar refractivity (Wildman–Crippen MR) is 66.5 cm³/mol. The van der Waals surface area contributed by atoms with E-state index in [1.54, 1.807) is 11.3 Å². The standard InChI is InChI=1S/C10H8N4S2/c1-6-12-13-9(15)14(6)10-11-7-4-2-3-5-8(7)16-10/h2-5H,1H3,(H,13,15). The van der Waals surface area contributed by atoms with Crippen LogP contribution in [0.1, 0.15) is 5.82 Å². The van der Waals surface area contributed by atoms with Crippen LogP contribution in [0, 0.1) is 6.92 Å². The molecule has 3 rings (SSSR count). The Labute approximate surface area is 101 Å². The van der Waals surface area contributed by atoms with E-state index in [1.165, 1.54) is 0 Å². The summed E-state index contributed by atoms with van der Waals surface area (Å²) in [6.45, 7) is 1.89. The molecule has 0 unspecified atom stereocenters. The minimum Gasteiger partial charge on any atom is -0.249 e. The van der Waals surface area contributed by atoms with Crippen molar-refractivity contribution < 1.29 is 0 Å². The molecule has 1 aromatic carbocycles. The lowest BCUT2D eigenvalue weighted by atomic mass is 10.3. The lowest BCUT2D eigenvalue weighted by Gasteiger charge is -1.98. The summed E-state index contributed by atoms with van der Waals surface area (Å²) in [5.74, 6) is 0.795. The SMILES string of the molecule is Cc1nnc(S)n1-c1nc2ccccc2s1. The summed E-state index contributed by atoms with van der Waals surface area (Å²) in [7, 11) is 0. The molecule has 0 atom stereocenters. The smallest absolute Gasteiger partial charge is 0.198 e. The maximum absolute atomic E-state index is 4.53. The van der Waals surface area contributed by atoms with Gasteiger partial charge in [0.2, 0.25) is 0 Å². The lowest BCUT2D eigenvalue weighted by molar-refractivity contribution is 0.867. The lowest BCUT2D eigenvalue weighted by Crippen LogP contribution is -1.96. The molecule has 0 fully saturated rings. The third-order valence-electron chi connectivity index (χ3n) is 2.28. The summed E-state index contributed by atoms with van der Waals surface area (Å²) >= 11 is 5.87. The number of hydrogen-bond donors (Lipinski definition) is 1. The van der Waals surface area contributed by atoms with E-state index in [9.17, 15) is 0 Å². The van der Waals surface area contributed by atoms with Gasteiger partial charge in [-0.25, -0.2) is 9.55 Å². The molecule has 0 aliphatic rings. The number of hydrogen-bond acceptors (Lipinski definition) is 5. The highest BCUT2D eigenvalue weighted by molar-refractivity contribution is 7.80. The van der Waals surface area contributed by atoms with E-state index in [0.717, 1.165) is 21.2 Å². The number of nitrogens with zero attached hydrogens (tertiary/aromatic N) is 4. The molecule has 0 bridgehead atoms. The van der Waals surface area contributed by atoms with E-state index in [4.69, 9.17) is 0 Å². The van der Waals surface area contributed by atoms with Gasteiger partial charge in [0, 0.05) is 0 Å². The molecular weight excluding hydrogens is 240 g/mol. The van der Waals surface area contributed by atoms with Crippen LogP contribution in [0.5, 0.6) is 0 Å². The predicted octanol–water partition coefficient (Wildman–Crippen LogP) is 2.47. The van der Waals surface area contributed by atoms with Gasteiger partial charge in [0.1, 0.15) is 5.82 Å². The van der Waals surface area contributed by atoms with Gasteiger partial charge >= 0.3 is 0 Å². The van der Waals surface area contributed by atoms with Gasteiger partial charge in [-0.2, -0.15) is 0 Å². The van der Waals surface area contributed by atoms with Crippen molar-refractivity contribution >= 4 is 34.2 Å². The topological polar surface area (TPSA) is 43.6 Å². The number of benzene rings is 1. The summed E-state index contributed by atoms with van der Waals surface area (Å²) in [6, 6.07) is 8.03. The number of thiol groups is 1. The highest BCUT2D eigenvalue weighted by Gasteiger charge is 2.11. The van der Waals surface area contributed by atoms with E-state index in [1.807, 2.05) is 35.8 Å². The molecule has 2 aromatic heterocycles. The highest BCUT2D eigenvalue weighted by atomic mass is 32.1. The maximum Gasteiger partial charge on any atom is 0.198 e. The molecule has 0 radical (unpaired) electrons. The Morgan fingerprint density at radius 1 is 1.25 bits per heavy atom. The summed E-state index contributed by atoms with van der Waals surface area (Å²) in [6.07, 6.45) is 0. The first-order valence-corrected chi connectivity index (χ1v) is 5.99. The van der Waals surface area contributed by atoms with Crippen LogP contribution in [0.3, 0.4) is 0 Å². The van der Waals surface area contributed by atoms with E-state index in [2.05, 4.69) is 27.8 Å². The van der Waals surface area contributed by atoms with Crippen LogP contribution < -0.4 is 0 Å². The average Bonchev–Trinajstić information content (AvgIpc) is 2.82. The van der Waals surface area contributed by atoms with Crippen LogP contribution in [0.25, 0.3) is 15.3 Å². The molecule has 16 heavy (non-hydrogen) atoms. The molecule has 0 spiro atoms. The Balaban J connectivity index is 2.27. The normalized spacial score (nSPS) is 11.1. The van der Waals surface area contributed by atoms with Crippen LogP contribution in [-0.2, 0) is 0 Å². The summed E-state index contributed by atoms with van der Waals surface area (Å²) in [4.78, 5) is 4.53. The molecule has 80 valence electrons. The first-order chi connectivity index (χ1) is 7.75. The first-order valence-electron chi connectivity index (χ1n) is 4.72. The molecule has 0 saturated heterocycles. The van der Waals surface area contributed by atoms with Gasteiger partial charge in [0.05, 0.1) is 10.2 Å². The van der Waals surface area contributed by atoms with Crippen molar-refractivity contribution in [2.24, 2.45) is 0 Å². The Morgan fingerprint density at radius 2 is 2.06 bits per heavy atom. The Kier molecular flexibility index (Phi) is 2.19. The molecule has 4 nitrogen and oxygen atoms in total. The van der Waals surface area contributed by atoms with Crippen molar-refractivity contribution in [3.63, 3.8) is 0 Å². The van der Waals surface area contributed by atoms with Crippen LogP contribution in [-0.4, -0.2) is 19.7 Å². The van der Waals surface area contributed by atoms with Crippen LogP contribution in [0.2, 0.25) is 0 Å². The van der Waals surface area contributed by atoms with Gasteiger partial charge in [-0.15, -0.1) is 22.8 Å². The molecule has 0 aliphatic heterocycles. The van der Waals surface area contributed by atoms with Gasteiger partial charge in [-0.1, -0.05) is 23.5 Å². The van der Waals surface area contributed by atoms with E-state index in [-0.39, 0.29) is 0 Å². The number of fused-ring (bicyclic) bond motifs is 1. The van der Waals surface area contributed by atoms with E-state index < -0.39 is 0 Å². The fourth-order valence-corrected chi connectivity index (χ4v) is 2.90. The first kappa shape index (κ1) is 9.80. The van der Waals surface area contributed by atoms with Crippen molar-refractivity contribution in [3.05, 3.63) is 30.1 Å². The largest absolute Gasteiger partial charge is 0.249 e. The van der Waals surface area contributed by atoms with Crippen LogP contribution in [0.15, 0.2) is 29.4 Å². The van der Waals surface area contributed by atoms with Gasteiger partial charge in [-0.05, 0) is 19.1 Å². The van der Waals surface area contributed by atoms with E-state index >= 15 is 0 Å². The van der Waals surface area contributed by atoms with Gasteiger partial charge in [0.25, 0.3) is 0 Å². The molecule has 2 heterocycles. The maximum atomic E-state index is 4.53. The third kappa shape index (κ3) is 1.42. The number of thiazole rings is 1. The average molecular weight is 248 g/mol. The second-order valence-corrected chi connectivity index (χ2v) is 4.76. The van der Waals surface area contributed by atoms with Crippen molar-refractivity contribution in [3.8, 4) is 5.13 Å². The Morgan fingerprint density at radius 3 is 2.75 bits per heavy atom. The number of para-hydroxylation sites is 1. The van der Waals surface area contributed by atoms with Crippen molar-refractivity contribution in [2.45, 2.75) is 12.1 Å². The minimum atomic E-state index is 0.566. The second kappa shape index (κ2) is 3.57. The van der Waals surface area contributed by atoms with Crippen molar-refractivity contribution in [1.29, 1.82) is 0 Å². The summed E-state index contributed by atoms with van der Waals surface area (Å²) in [5.41, 5.74) is 0.989. The molecule has 0 N–H and O–H groups in total. The van der Waals surface area contributed by atoms with Gasteiger partial charge in [0.15, 0.2) is 10.3 Å². The monoisotopic (exact) mass is 248 g/mol. The highest BCUT2D eigenvalue weighted by Crippen LogP contribution is 2.26. The molecule has 6 heteroatoms. The van der Waals surface area contributed by atoms with Crippen molar-refractivity contribution in [1.82, 2.24) is 19.7 Å². The van der Waals surface area contributed by atoms with Crippen LogP contribution >= 0.6 is 24.0 Å².